The van der Waals surface area contributed by atoms with E-state index >= 15 is 0 Å². The highest BCUT2D eigenvalue weighted by atomic mass is 79.9. The Morgan fingerprint density at radius 1 is 1.14 bits per heavy atom. The zero-order valence-electron chi connectivity index (χ0n) is 8.04. The summed E-state index contributed by atoms with van der Waals surface area (Å²) >= 11 is 5.08. The van der Waals surface area contributed by atoms with Gasteiger partial charge in [-0.2, -0.15) is 0 Å². The van der Waals surface area contributed by atoms with E-state index in [0.717, 1.165) is 9.61 Å². The minimum Gasteiger partial charge on any atom is -0.229 e. The Hall–Kier alpha value is -0.670. The summed E-state index contributed by atoms with van der Waals surface area (Å²) in [6.07, 6.45) is 0. The molecule has 0 fully saturated rings. The first-order valence-electron chi connectivity index (χ1n) is 4.37. The molecule has 0 unspecified atom stereocenters. The largest absolute Gasteiger partial charge is 0.229 e. The molecule has 0 aliphatic carbocycles. The summed E-state index contributed by atoms with van der Waals surface area (Å²) in [5.41, 5.74) is 3.55. The van der Waals surface area contributed by atoms with Crippen LogP contribution in [0.4, 0.5) is 0 Å². The molecule has 2 aromatic rings. The number of rotatable bonds is 1. The fourth-order valence-corrected chi connectivity index (χ4v) is 2.90. The van der Waals surface area contributed by atoms with Crippen molar-refractivity contribution in [1.29, 1.82) is 0 Å². The maximum absolute atomic E-state index is 4.45. The van der Waals surface area contributed by atoms with E-state index in [0.29, 0.717) is 0 Å². The molecule has 0 atom stereocenters. The Bertz CT molecular complexity index is 445. The van der Waals surface area contributed by atoms with Crippen LogP contribution in [0.3, 0.4) is 0 Å². The van der Waals surface area contributed by atoms with Gasteiger partial charge in [-0.05, 0) is 29.8 Å². The molecule has 0 aliphatic rings. The van der Waals surface area contributed by atoms with Gasteiger partial charge in [0.15, 0.2) is 3.92 Å². The van der Waals surface area contributed by atoms with Crippen molar-refractivity contribution in [3.8, 4) is 11.3 Å². The normalized spacial score (nSPS) is 10.5. The predicted molar refractivity (Wildman–Crippen MR) is 64.7 cm³/mol. The molecule has 72 valence electrons. The second kappa shape index (κ2) is 3.83. The van der Waals surface area contributed by atoms with Crippen molar-refractivity contribution in [1.82, 2.24) is 4.98 Å². The first kappa shape index (κ1) is 9.87. The van der Waals surface area contributed by atoms with Crippen molar-refractivity contribution >= 4 is 27.3 Å². The van der Waals surface area contributed by atoms with Crippen molar-refractivity contribution in [3.05, 3.63) is 38.6 Å². The van der Waals surface area contributed by atoms with Crippen molar-refractivity contribution < 1.29 is 0 Å². The molecule has 0 saturated heterocycles. The Labute approximate surface area is 95.9 Å². The number of benzene rings is 1. The molecule has 0 bridgehead atoms. The van der Waals surface area contributed by atoms with Crippen LogP contribution in [0.15, 0.2) is 28.2 Å². The molecule has 0 spiro atoms. The Morgan fingerprint density at radius 3 is 2.29 bits per heavy atom. The maximum Gasteiger partial charge on any atom is 0.160 e. The van der Waals surface area contributed by atoms with E-state index in [4.69, 9.17) is 0 Å². The fourth-order valence-electron chi connectivity index (χ4n) is 1.34. The van der Waals surface area contributed by atoms with E-state index in [-0.39, 0.29) is 0 Å². The zero-order chi connectivity index (χ0) is 10.1. The smallest absolute Gasteiger partial charge is 0.160 e. The van der Waals surface area contributed by atoms with E-state index in [2.05, 4.69) is 59.0 Å². The van der Waals surface area contributed by atoms with Gasteiger partial charge in [0.1, 0.15) is 0 Å². The van der Waals surface area contributed by atoms with E-state index in [1.165, 1.54) is 16.0 Å². The summed E-state index contributed by atoms with van der Waals surface area (Å²) in [6, 6.07) is 8.46. The van der Waals surface area contributed by atoms with E-state index in [1.807, 2.05) is 0 Å². The number of halogens is 1. The van der Waals surface area contributed by atoms with Crippen LogP contribution in [-0.2, 0) is 0 Å². The van der Waals surface area contributed by atoms with Crippen molar-refractivity contribution in [2.24, 2.45) is 0 Å². The topological polar surface area (TPSA) is 12.9 Å². The Morgan fingerprint density at radius 2 is 1.79 bits per heavy atom. The van der Waals surface area contributed by atoms with Crippen molar-refractivity contribution in [2.45, 2.75) is 13.8 Å². The number of hydrogen-bond donors (Lipinski definition) is 0. The van der Waals surface area contributed by atoms with Crippen molar-refractivity contribution in [3.63, 3.8) is 0 Å². The molecule has 3 heteroatoms. The monoisotopic (exact) mass is 267 g/mol. The quantitative estimate of drug-likeness (QED) is 0.755. The summed E-state index contributed by atoms with van der Waals surface area (Å²) in [5.74, 6) is 0. The summed E-state index contributed by atoms with van der Waals surface area (Å²) in [6.45, 7) is 4.19. The van der Waals surface area contributed by atoms with Crippen LogP contribution in [0.5, 0.6) is 0 Å². The highest BCUT2D eigenvalue weighted by Crippen LogP contribution is 2.30. The first-order chi connectivity index (χ1) is 6.66. The molecule has 1 heterocycles. The van der Waals surface area contributed by atoms with Crippen LogP contribution in [-0.4, -0.2) is 4.98 Å². The van der Waals surface area contributed by atoms with Gasteiger partial charge in [-0.3, -0.25) is 0 Å². The van der Waals surface area contributed by atoms with E-state index < -0.39 is 0 Å². The van der Waals surface area contributed by atoms with Crippen molar-refractivity contribution in [2.75, 3.05) is 0 Å². The number of aryl methyl sites for hydroxylation is 2. The van der Waals surface area contributed by atoms with E-state index in [1.54, 1.807) is 11.3 Å². The van der Waals surface area contributed by atoms with Gasteiger partial charge in [-0.25, -0.2) is 4.98 Å². The molecule has 0 saturated carbocycles. The van der Waals surface area contributed by atoms with Gasteiger partial charge in [0.25, 0.3) is 0 Å². The number of aromatic nitrogens is 1. The molecule has 0 radical (unpaired) electrons. The summed E-state index contributed by atoms with van der Waals surface area (Å²) in [4.78, 5) is 5.70. The summed E-state index contributed by atoms with van der Waals surface area (Å²) in [5, 5.41) is 0. The van der Waals surface area contributed by atoms with Gasteiger partial charge < -0.3 is 0 Å². The lowest BCUT2D eigenvalue weighted by Gasteiger charge is -1.98. The molecular weight excluding hydrogens is 258 g/mol. The van der Waals surface area contributed by atoms with Gasteiger partial charge in [0.05, 0.1) is 5.69 Å². The predicted octanol–water partition coefficient (Wildman–Crippen LogP) is 4.19. The van der Waals surface area contributed by atoms with E-state index in [9.17, 15) is 0 Å². The van der Waals surface area contributed by atoms with Crippen LogP contribution in [0.25, 0.3) is 11.3 Å². The van der Waals surface area contributed by atoms with Crippen LogP contribution < -0.4 is 0 Å². The molecule has 1 aromatic heterocycles. The number of hydrogen-bond acceptors (Lipinski definition) is 2. The highest BCUT2D eigenvalue weighted by molar-refractivity contribution is 9.11. The second-order valence-corrected chi connectivity index (χ2v) is 5.72. The van der Waals surface area contributed by atoms with Gasteiger partial charge in [0, 0.05) is 10.4 Å². The van der Waals surface area contributed by atoms with Crippen LogP contribution in [0.2, 0.25) is 0 Å². The standard InChI is InChI=1S/C11H10BrNS/c1-7-3-5-9(6-4-7)10-8(2)14-11(12)13-10/h3-6H,1-2H3. The maximum atomic E-state index is 4.45. The SMILES string of the molecule is Cc1ccc(-c2nc(Br)sc2C)cc1. The van der Waals surface area contributed by atoms with Gasteiger partial charge in [-0.15, -0.1) is 11.3 Å². The average Bonchev–Trinajstić information content (AvgIpc) is 2.47. The van der Waals surface area contributed by atoms with Crippen LogP contribution >= 0.6 is 27.3 Å². The molecule has 14 heavy (non-hydrogen) atoms. The minimum absolute atomic E-state index is 0.950. The third kappa shape index (κ3) is 1.88. The van der Waals surface area contributed by atoms with Gasteiger partial charge in [-0.1, -0.05) is 29.8 Å². The number of nitrogens with zero attached hydrogens (tertiary/aromatic N) is 1. The lowest BCUT2D eigenvalue weighted by molar-refractivity contribution is 1.34. The zero-order valence-corrected chi connectivity index (χ0v) is 10.4. The first-order valence-corrected chi connectivity index (χ1v) is 5.98. The molecule has 2 rings (SSSR count). The third-order valence-corrected chi connectivity index (χ3v) is 3.52. The molecule has 0 amide bonds. The van der Waals surface area contributed by atoms with Crippen LogP contribution in [0, 0.1) is 13.8 Å². The molecule has 0 aliphatic heterocycles. The third-order valence-electron chi connectivity index (χ3n) is 2.10. The highest BCUT2D eigenvalue weighted by Gasteiger charge is 2.07. The molecule has 1 aromatic carbocycles. The molecule has 0 N–H and O–H groups in total. The minimum atomic E-state index is 0.950. The fraction of sp³-hybridized carbons (Fsp3) is 0.182. The lowest BCUT2D eigenvalue weighted by Crippen LogP contribution is -1.80. The summed E-state index contributed by atoms with van der Waals surface area (Å²) < 4.78 is 0.950. The second-order valence-electron chi connectivity index (χ2n) is 3.24. The number of thiazole rings is 1. The molecule has 1 nitrogen and oxygen atoms in total. The Kier molecular flexibility index (Phi) is 2.70. The Balaban J connectivity index is 2.49. The average molecular weight is 268 g/mol. The van der Waals surface area contributed by atoms with Gasteiger partial charge >= 0.3 is 0 Å². The lowest BCUT2D eigenvalue weighted by atomic mass is 10.1. The summed E-state index contributed by atoms with van der Waals surface area (Å²) in [7, 11) is 0. The van der Waals surface area contributed by atoms with Crippen LogP contribution in [0.1, 0.15) is 10.4 Å². The van der Waals surface area contributed by atoms with Gasteiger partial charge in [0.2, 0.25) is 0 Å². The molecular formula is C11H10BrNS.